The summed E-state index contributed by atoms with van der Waals surface area (Å²) in [5.74, 6) is -1.10. The van der Waals surface area contributed by atoms with Crippen molar-refractivity contribution in [3.05, 3.63) is 33.8 Å². The summed E-state index contributed by atoms with van der Waals surface area (Å²) in [5.41, 5.74) is 3.25. The molecule has 1 amide bonds. The van der Waals surface area contributed by atoms with Crippen molar-refractivity contribution in [3.8, 4) is 0 Å². The number of halogens is 4. The standard InChI is InChI=1S/C8H5BrF3NO/c9-5-3-1-2-4(7(13)14)6(5)8(10,11)12/h1-3H,(H2,13,14). The maximum atomic E-state index is 12.4. The highest BCUT2D eigenvalue weighted by Gasteiger charge is 2.36. The third-order valence-corrected chi connectivity index (χ3v) is 2.22. The molecule has 2 nitrogen and oxygen atoms in total. The van der Waals surface area contributed by atoms with E-state index in [-0.39, 0.29) is 4.47 Å². The first kappa shape index (κ1) is 11.0. The lowest BCUT2D eigenvalue weighted by Crippen LogP contribution is -2.19. The molecule has 0 unspecified atom stereocenters. The molecule has 0 spiro atoms. The van der Waals surface area contributed by atoms with Crippen LogP contribution < -0.4 is 5.73 Å². The molecule has 1 rings (SSSR count). The number of rotatable bonds is 1. The van der Waals surface area contributed by atoms with E-state index in [9.17, 15) is 18.0 Å². The molecule has 0 fully saturated rings. The van der Waals surface area contributed by atoms with Crippen molar-refractivity contribution in [3.63, 3.8) is 0 Å². The van der Waals surface area contributed by atoms with Crippen LogP contribution in [0.3, 0.4) is 0 Å². The van der Waals surface area contributed by atoms with Crippen LogP contribution in [0.4, 0.5) is 13.2 Å². The fourth-order valence-electron chi connectivity index (χ4n) is 1.02. The zero-order valence-corrected chi connectivity index (χ0v) is 8.32. The van der Waals surface area contributed by atoms with Crippen LogP contribution in [-0.2, 0) is 6.18 Å². The lowest BCUT2D eigenvalue weighted by atomic mass is 10.1. The van der Waals surface area contributed by atoms with Crippen LogP contribution in [0.25, 0.3) is 0 Å². The lowest BCUT2D eigenvalue weighted by Gasteiger charge is -2.12. The van der Waals surface area contributed by atoms with E-state index < -0.39 is 23.2 Å². The zero-order valence-electron chi connectivity index (χ0n) is 6.73. The first-order chi connectivity index (χ1) is 6.34. The minimum Gasteiger partial charge on any atom is -0.366 e. The number of primary amides is 1. The summed E-state index contributed by atoms with van der Waals surface area (Å²) < 4.78 is 37.1. The molecule has 6 heteroatoms. The van der Waals surface area contributed by atoms with Gasteiger partial charge in [0.15, 0.2) is 0 Å². The van der Waals surface area contributed by atoms with Gasteiger partial charge in [0.2, 0.25) is 5.91 Å². The van der Waals surface area contributed by atoms with Gasteiger partial charge >= 0.3 is 6.18 Å². The molecule has 0 radical (unpaired) electrons. The first-order valence-electron chi connectivity index (χ1n) is 3.49. The number of hydrogen-bond acceptors (Lipinski definition) is 1. The van der Waals surface area contributed by atoms with E-state index in [1.54, 1.807) is 0 Å². The van der Waals surface area contributed by atoms with Crippen LogP contribution >= 0.6 is 15.9 Å². The Balaban J connectivity index is 3.45. The number of alkyl halides is 3. The molecule has 0 saturated carbocycles. The molecule has 0 aliphatic carbocycles. The van der Waals surface area contributed by atoms with Crippen molar-refractivity contribution in [2.75, 3.05) is 0 Å². The van der Waals surface area contributed by atoms with Gasteiger partial charge in [0.25, 0.3) is 0 Å². The minimum absolute atomic E-state index is 0.193. The van der Waals surface area contributed by atoms with Crippen molar-refractivity contribution in [1.82, 2.24) is 0 Å². The van der Waals surface area contributed by atoms with Gasteiger partial charge in [0, 0.05) is 4.47 Å². The van der Waals surface area contributed by atoms with E-state index in [0.29, 0.717) is 0 Å². The number of hydrogen-bond donors (Lipinski definition) is 1. The van der Waals surface area contributed by atoms with Crippen LogP contribution in [0.5, 0.6) is 0 Å². The number of amides is 1. The van der Waals surface area contributed by atoms with Crippen molar-refractivity contribution in [1.29, 1.82) is 0 Å². The largest absolute Gasteiger partial charge is 0.418 e. The molecule has 0 heterocycles. The van der Waals surface area contributed by atoms with Gasteiger partial charge in [-0.05, 0) is 12.1 Å². The zero-order chi connectivity index (χ0) is 10.9. The fourth-order valence-corrected chi connectivity index (χ4v) is 1.61. The maximum absolute atomic E-state index is 12.4. The highest BCUT2D eigenvalue weighted by Crippen LogP contribution is 2.36. The van der Waals surface area contributed by atoms with Gasteiger partial charge in [-0.3, -0.25) is 4.79 Å². The Morgan fingerprint density at radius 2 is 1.93 bits per heavy atom. The Bertz CT molecular complexity index is 375. The van der Waals surface area contributed by atoms with Gasteiger partial charge < -0.3 is 5.73 Å². The van der Waals surface area contributed by atoms with Gasteiger partial charge in [-0.2, -0.15) is 13.2 Å². The Kier molecular flexibility index (Phi) is 2.84. The highest BCUT2D eigenvalue weighted by molar-refractivity contribution is 9.10. The lowest BCUT2D eigenvalue weighted by molar-refractivity contribution is -0.138. The van der Waals surface area contributed by atoms with Crippen molar-refractivity contribution in [2.45, 2.75) is 6.18 Å². The number of benzene rings is 1. The van der Waals surface area contributed by atoms with E-state index in [0.717, 1.165) is 6.07 Å². The van der Waals surface area contributed by atoms with Gasteiger partial charge in [-0.1, -0.05) is 22.0 Å². The number of nitrogens with two attached hydrogens (primary N) is 1. The predicted molar refractivity (Wildman–Crippen MR) is 47.7 cm³/mol. The van der Waals surface area contributed by atoms with Crippen LogP contribution in [0, 0.1) is 0 Å². The third-order valence-electron chi connectivity index (χ3n) is 1.56. The second-order valence-electron chi connectivity index (χ2n) is 2.52. The van der Waals surface area contributed by atoms with Crippen LogP contribution in [0.1, 0.15) is 15.9 Å². The van der Waals surface area contributed by atoms with E-state index in [1.165, 1.54) is 12.1 Å². The summed E-state index contributed by atoms with van der Waals surface area (Å²) in [7, 11) is 0. The Morgan fingerprint density at radius 1 is 1.36 bits per heavy atom. The molecule has 2 N–H and O–H groups in total. The van der Waals surface area contributed by atoms with E-state index in [1.807, 2.05) is 0 Å². The second kappa shape index (κ2) is 3.61. The molecule has 0 bridgehead atoms. The average Bonchev–Trinajstić information content (AvgIpc) is 2.01. The summed E-state index contributed by atoms with van der Waals surface area (Å²) in [4.78, 5) is 10.7. The molecule has 14 heavy (non-hydrogen) atoms. The monoisotopic (exact) mass is 267 g/mol. The minimum atomic E-state index is -4.59. The average molecular weight is 268 g/mol. The molecule has 0 aliphatic heterocycles. The molecule has 76 valence electrons. The topological polar surface area (TPSA) is 43.1 Å². The van der Waals surface area contributed by atoms with Crippen LogP contribution in [0.2, 0.25) is 0 Å². The second-order valence-corrected chi connectivity index (χ2v) is 3.38. The molecule has 0 saturated heterocycles. The molecular formula is C8H5BrF3NO. The molecule has 0 atom stereocenters. The van der Waals surface area contributed by atoms with Crippen LogP contribution in [-0.4, -0.2) is 5.91 Å². The quantitative estimate of drug-likeness (QED) is 0.835. The molecule has 1 aromatic rings. The molecule has 0 aromatic heterocycles. The van der Waals surface area contributed by atoms with Gasteiger partial charge in [-0.15, -0.1) is 0 Å². The van der Waals surface area contributed by atoms with Gasteiger partial charge in [-0.25, -0.2) is 0 Å². The van der Waals surface area contributed by atoms with Gasteiger partial charge in [0.05, 0.1) is 11.1 Å². The molecular weight excluding hydrogens is 263 g/mol. The van der Waals surface area contributed by atoms with Crippen molar-refractivity contribution < 1.29 is 18.0 Å². The van der Waals surface area contributed by atoms with Gasteiger partial charge in [0.1, 0.15) is 0 Å². The van der Waals surface area contributed by atoms with Crippen LogP contribution in [0.15, 0.2) is 22.7 Å². The summed E-state index contributed by atoms with van der Waals surface area (Å²) in [5, 5.41) is 0. The Labute approximate surface area is 86.0 Å². The molecule has 1 aromatic carbocycles. The SMILES string of the molecule is NC(=O)c1cccc(Br)c1C(F)(F)F. The predicted octanol–water partition coefficient (Wildman–Crippen LogP) is 2.57. The van der Waals surface area contributed by atoms with E-state index >= 15 is 0 Å². The smallest absolute Gasteiger partial charge is 0.366 e. The maximum Gasteiger partial charge on any atom is 0.418 e. The van der Waals surface area contributed by atoms with E-state index in [2.05, 4.69) is 15.9 Å². The first-order valence-corrected chi connectivity index (χ1v) is 4.29. The van der Waals surface area contributed by atoms with Crippen molar-refractivity contribution >= 4 is 21.8 Å². The highest BCUT2D eigenvalue weighted by atomic mass is 79.9. The van der Waals surface area contributed by atoms with E-state index in [4.69, 9.17) is 5.73 Å². The fraction of sp³-hybridized carbons (Fsp3) is 0.125. The Morgan fingerprint density at radius 3 is 2.29 bits per heavy atom. The number of carbonyl (C=O) groups is 1. The molecule has 0 aliphatic rings. The third kappa shape index (κ3) is 2.06. The summed E-state index contributed by atoms with van der Waals surface area (Å²) in [6.45, 7) is 0. The Hall–Kier alpha value is -1.04. The summed E-state index contributed by atoms with van der Waals surface area (Å²) in [6, 6.07) is 3.56. The normalized spacial score (nSPS) is 11.4. The summed E-state index contributed by atoms with van der Waals surface area (Å²) in [6.07, 6.45) is -4.59. The summed E-state index contributed by atoms with van der Waals surface area (Å²) >= 11 is 2.72. The van der Waals surface area contributed by atoms with Crippen molar-refractivity contribution in [2.24, 2.45) is 5.73 Å². The number of carbonyl (C=O) groups excluding carboxylic acids is 1.